The highest BCUT2D eigenvalue weighted by Crippen LogP contribution is 2.18. The SMILES string of the molecule is Cc1ccc(O)c(C(=O)NCc2cccc(OCCN3CCOCC3)c2)c1. The summed E-state index contributed by atoms with van der Waals surface area (Å²) >= 11 is 0. The summed E-state index contributed by atoms with van der Waals surface area (Å²) in [6.45, 7) is 7.20. The van der Waals surface area contributed by atoms with Crippen LogP contribution < -0.4 is 10.1 Å². The van der Waals surface area contributed by atoms with E-state index in [0.717, 1.165) is 49.7 Å². The Labute approximate surface area is 159 Å². The fourth-order valence-corrected chi connectivity index (χ4v) is 2.97. The monoisotopic (exact) mass is 370 g/mol. The van der Waals surface area contributed by atoms with Crippen molar-refractivity contribution in [1.82, 2.24) is 10.2 Å². The van der Waals surface area contributed by atoms with Gasteiger partial charge in [0.15, 0.2) is 0 Å². The van der Waals surface area contributed by atoms with Crippen LogP contribution in [-0.4, -0.2) is 55.4 Å². The number of aryl methyl sites for hydroxylation is 1. The molecule has 2 aromatic carbocycles. The van der Waals surface area contributed by atoms with Gasteiger partial charge in [0.2, 0.25) is 0 Å². The Morgan fingerprint density at radius 3 is 2.85 bits per heavy atom. The second-order valence-electron chi connectivity index (χ2n) is 6.65. The van der Waals surface area contributed by atoms with Gasteiger partial charge >= 0.3 is 0 Å². The molecule has 2 aromatic rings. The van der Waals surface area contributed by atoms with Crippen molar-refractivity contribution in [1.29, 1.82) is 0 Å². The molecule has 0 atom stereocenters. The first kappa shape index (κ1) is 19.2. The van der Waals surface area contributed by atoms with E-state index in [1.807, 2.05) is 31.2 Å². The van der Waals surface area contributed by atoms with Crippen LogP contribution in [0.4, 0.5) is 0 Å². The summed E-state index contributed by atoms with van der Waals surface area (Å²) in [6, 6.07) is 12.7. The van der Waals surface area contributed by atoms with E-state index in [0.29, 0.717) is 13.2 Å². The third kappa shape index (κ3) is 5.70. The second-order valence-corrected chi connectivity index (χ2v) is 6.65. The molecule has 0 bridgehead atoms. The average molecular weight is 370 g/mol. The van der Waals surface area contributed by atoms with E-state index in [9.17, 15) is 9.90 Å². The summed E-state index contributed by atoms with van der Waals surface area (Å²) in [5, 5.41) is 12.7. The van der Waals surface area contributed by atoms with Crippen LogP contribution in [0.1, 0.15) is 21.5 Å². The van der Waals surface area contributed by atoms with E-state index in [4.69, 9.17) is 9.47 Å². The van der Waals surface area contributed by atoms with E-state index < -0.39 is 0 Å². The first-order valence-electron chi connectivity index (χ1n) is 9.21. The van der Waals surface area contributed by atoms with Gasteiger partial charge < -0.3 is 19.9 Å². The Balaban J connectivity index is 1.49. The lowest BCUT2D eigenvalue weighted by molar-refractivity contribution is 0.0322. The van der Waals surface area contributed by atoms with Crippen molar-refractivity contribution in [2.45, 2.75) is 13.5 Å². The molecule has 0 saturated carbocycles. The Morgan fingerprint density at radius 1 is 1.22 bits per heavy atom. The number of aromatic hydroxyl groups is 1. The molecule has 1 heterocycles. The summed E-state index contributed by atoms with van der Waals surface area (Å²) in [6.07, 6.45) is 0. The molecule has 0 aromatic heterocycles. The zero-order chi connectivity index (χ0) is 19.1. The van der Waals surface area contributed by atoms with Crippen LogP contribution >= 0.6 is 0 Å². The van der Waals surface area contributed by atoms with Gasteiger partial charge in [0.1, 0.15) is 18.1 Å². The number of nitrogens with one attached hydrogen (secondary N) is 1. The number of hydrogen-bond donors (Lipinski definition) is 2. The Kier molecular flexibility index (Phi) is 6.68. The second kappa shape index (κ2) is 9.39. The number of hydrogen-bond acceptors (Lipinski definition) is 5. The molecule has 3 rings (SSSR count). The molecule has 0 aliphatic carbocycles. The fourth-order valence-electron chi connectivity index (χ4n) is 2.97. The van der Waals surface area contributed by atoms with Gasteiger partial charge in [-0.25, -0.2) is 0 Å². The summed E-state index contributed by atoms with van der Waals surface area (Å²) in [4.78, 5) is 14.6. The smallest absolute Gasteiger partial charge is 0.255 e. The lowest BCUT2D eigenvalue weighted by Crippen LogP contribution is -2.38. The largest absolute Gasteiger partial charge is 0.507 e. The van der Waals surface area contributed by atoms with Crippen molar-refractivity contribution in [2.75, 3.05) is 39.5 Å². The topological polar surface area (TPSA) is 71.0 Å². The predicted octanol–water partition coefficient (Wildman–Crippen LogP) is 2.34. The third-order valence-corrected chi connectivity index (χ3v) is 4.53. The van der Waals surface area contributed by atoms with Gasteiger partial charge in [0.25, 0.3) is 5.91 Å². The summed E-state index contributed by atoms with van der Waals surface area (Å²) in [5.41, 5.74) is 2.15. The van der Waals surface area contributed by atoms with Crippen molar-refractivity contribution < 1.29 is 19.4 Å². The number of phenols is 1. The molecule has 1 amide bonds. The van der Waals surface area contributed by atoms with Gasteiger partial charge in [-0.2, -0.15) is 0 Å². The zero-order valence-electron chi connectivity index (χ0n) is 15.6. The Morgan fingerprint density at radius 2 is 2.04 bits per heavy atom. The quantitative estimate of drug-likeness (QED) is 0.783. The highest BCUT2D eigenvalue weighted by Gasteiger charge is 2.12. The van der Waals surface area contributed by atoms with Crippen LogP contribution in [-0.2, 0) is 11.3 Å². The number of carbonyl (C=O) groups excluding carboxylic acids is 1. The molecule has 6 nitrogen and oxygen atoms in total. The standard InChI is InChI=1S/C21H26N2O4/c1-16-5-6-20(24)19(13-16)21(25)22-15-17-3-2-4-18(14-17)27-12-9-23-7-10-26-11-8-23/h2-6,13-14,24H,7-12,15H2,1H3,(H,22,25). The summed E-state index contributed by atoms with van der Waals surface area (Å²) in [7, 11) is 0. The molecule has 0 unspecified atom stereocenters. The van der Waals surface area contributed by atoms with Crippen molar-refractivity contribution >= 4 is 5.91 Å². The summed E-state index contributed by atoms with van der Waals surface area (Å²) in [5.74, 6) is 0.474. The van der Waals surface area contributed by atoms with E-state index in [1.165, 1.54) is 6.07 Å². The Bertz CT molecular complexity index is 773. The molecule has 6 heteroatoms. The van der Waals surface area contributed by atoms with E-state index in [-0.39, 0.29) is 17.2 Å². The van der Waals surface area contributed by atoms with Crippen LogP contribution in [0.15, 0.2) is 42.5 Å². The maximum atomic E-state index is 12.3. The van der Waals surface area contributed by atoms with Crippen LogP contribution in [0.2, 0.25) is 0 Å². The number of phenolic OH excluding ortho intramolecular Hbond substituents is 1. The molecule has 144 valence electrons. The van der Waals surface area contributed by atoms with Gasteiger partial charge in [0.05, 0.1) is 18.8 Å². The molecule has 1 aliphatic heterocycles. The van der Waals surface area contributed by atoms with Crippen molar-refractivity contribution in [3.63, 3.8) is 0 Å². The number of morpholine rings is 1. The minimum Gasteiger partial charge on any atom is -0.507 e. The van der Waals surface area contributed by atoms with Gasteiger partial charge in [-0.1, -0.05) is 23.8 Å². The van der Waals surface area contributed by atoms with Gasteiger partial charge in [-0.3, -0.25) is 9.69 Å². The highest BCUT2D eigenvalue weighted by atomic mass is 16.5. The maximum absolute atomic E-state index is 12.3. The zero-order valence-corrected chi connectivity index (χ0v) is 15.6. The van der Waals surface area contributed by atoms with Gasteiger partial charge in [-0.15, -0.1) is 0 Å². The van der Waals surface area contributed by atoms with E-state index >= 15 is 0 Å². The van der Waals surface area contributed by atoms with Crippen molar-refractivity contribution in [2.24, 2.45) is 0 Å². The number of rotatable bonds is 7. The molecule has 1 saturated heterocycles. The molecular weight excluding hydrogens is 344 g/mol. The maximum Gasteiger partial charge on any atom is 0.255 e. The molecule has 2 N–H and O–H groups in total. The van der Waals surface area contributed by atoms with Gasteiger partial charge in [0, 0.05) is 26.2 Å². The average Bonchev–Trinajstić information content (AvgIpc) is 2.69. The van der Waals surface area contributed by atoms with E-state index in [2.05, 4.69) is 10.2 Å². The molecular formula is C21H26N2O4. The first-order valence-corrected chi connectivity index (χ1v) is 9.21. The van der Waals surface area contributed by atoms with Gasteiger partial charge in [-0.05, 0) is 36.8 Å². The molecule has 1 fully saturated rings. The number of benzene rings is 2. The number of carbonyl (C=O) groups is 1. The Hall–Kier alpha value is -2.57. The highest BCUT2D eigenvalue weighted by molar-refractivity contribution is 5.96. The van der Waals surface area contributed by atoms with Crippen LogP contribution in [0.25, 0.3) is 0 Å². The lowest BCUT2D eigenvalue weighted by atomic mass is 10.1. The predicted molar refractivity (Wildman–Crippen MR) is 103 cm³/mol. The van der Waals surface area contributed by atoms with Crippen molar-refractivity contribution in [3.05, 3.63) is 59.2 Å². The minimum absolute atomic E-state index is 0.0155. The molecule has 0 spiro atoms. The van der Waals surface area contributed by atoms with Crippen LogP contribution in [0.3, 0.4) is 0 Å². The van der Waals surface area contributed by atoms with E-state index in [1.54, 1.807) is 12.1 Å². The third-order valence-electron chi connectivity index (χ3n) is 4.53. The minimum atomic E-state index is -0.296. The summed E-state index contributed by atoms with van der Waals surface area (Å²) < 4.78 is 11.2. The molecule has 27 heavy (non-hydrogen) atoms. The fraction of sp³-hybridized carbons (Fsp3) is 0.381. The van der Waals surface area contributed by atoms with Crippen LogP contribution in [0, 0.1) is 6.92 Å². The lowest BCUT2D eigenvalue weighted by Gasteiger charge is -2.26. The van der Waals surface area contributed by atoms with Crippen molar-refractivity contribution in [3.8, 4) is 11.5 Å². The number of amides is 1. The molecule has 0 radical (unpaired) electrons. The first-order chi connectivity index (χ1) is 13.1. The normalized spacial score (nSPS) is 14.7. The van der Waals surface area contributed by atoms with Crippen LogP contribution in [0.5, 0.6) is 11.5 Å². The number of ether oxygens (including phenoxy) is 2. The molecule has 1 aliphatic rings. The number of nitrogens with zero attached hydrogens (tertiary/aromatic N) is 1.